The zero-order chi connectivity index (χ0) is 17.0. The molecule has 6 nitrogen and oxygen atoms in total. The van der Waals surface area contributed by atoms with Crippen molar-refractivity contribution in [3.63, 3.8) is 0 Å². The summed E-state index contributed by atoms with van der Waals surface area (Å²) >= 11 is 1.83. The first-order chi connectivity index (χ1) is 12.2. The molecule has 0 bridgehead atoms. The van der Waals surface area contributed by atoms with Gasteiger partial charge in [-0.05, 0) is 29.5 Å². The average Bonchev–Trinajstić information content (AvgIpc) is 3.33. The second-order valence-electron chi connectivity index (χ2n) is 6.46. The molecular weight excluding hydrogens is 332 g/mol. The van der Waals surface area contributed by atoms with E-state index in [-0.39, 0.29) is 0 Å². The van der Waals surface area contributed by atoms with E-state index in [1.807, 2.05) is 36.3 Å². The molecule has 7 heteroatoms. The normalized spacial score (nSPS) is 14.2. The van der Waals surface area contributed by atoms with Crippen molar-refractivity contribution in [1.29, 1.82) is 0 Å². The van der Waals surface area contributed by atoms with E-state index in [4.69, 9.17) is 0 Å². The number of aryl methyl sites for hydroxylation is 1. The standard InChI is InChI=1S/C18H18N6S/c1-22-17(13-3-4-14-10-19-23(2)15(14)9-13)20-21-18(22)24-7-5-12-6-8-25-16(12)11-24/h3-4,6,8-10H,5,7,11H2,1-2H3. The summed E-state index contributed by atoms with van der Waals surface area (Å²) in [5, 5.41) is 16.6. The molecule has 0 saturated carbocycles. The highest BCUT2D eigenvalue weighted by Gasteiger charge is 2.22. The second-order valence-corrected chi connectivity index (χ2v) is 7.47. The van der Waals surface area contributed by atoms with Crippen LogP contribution in [0.15, 0.2) is 35.8 Å². The van der Waals surface area contributed by atoms with Gasteiger partial charge in [0.15, 0.2) is 5.82 Å². The van der Waals surface area contributed by atoms with E-state index in [1.54, 1.807) is 0 Å². The molecule has 0 radical (unpaired) electrons. The molecule has 0 atom stereocenters. The van der Waals surface area contributed by atoms with Crippen molar-refractivity contribution in [3.8, 4) is 11.4 Å². The molecule has 3 aromatic heterocycles. The van der Waals surface area contributed by atoms with Crippen LogP contribution in [0.1, 0.15) is 10.4 Å². The van der Waals surface area contributed by atoms with Crippen molar-refractivity contribution in [3.05, 3.63) is 46.3 Å². The van der Waals surface area contributed by atoms with Crippen LogP contribution < -0.4 is 4.90 Å². The lowest BCUT2D eigenvalue weighted by atomic mass is 10.1. The lowest BCUT2D eigenvalue weighted by Gasteiger charge is -2.27. The number of hydrogen-bond acceptors (Lipinski definition) is 5. The Balaban J connectivity index is 1.52. The van der Waals surface area contributed by atoms with E-state index in [0.717, 1.165) is 47.7 Å². The highest BCUT2D eigenvalue weighted by Crippen LogP contribution is 2.29. The molecule has 5 rings (SSSR count). The molecule has 0 unspecified atom stereocenters. The third-order valence-electron chi connectivity index (χ3n) is 4.97. The fourth-order valence-corrected chi connectivity index (χ4v) is 4.49. The molecule has 0 saturated heterocycles. The van der Waals surface area contributed by atoms with Crippen LogP contribution in [0.5, 0.6) is 0 Å². The van der Waals surface area contributed by atoms with Gasteiger partial charge in [-0.15, -0.1) is 21.5 Å². The van der Waals surface area contributed by atoms with Gasteiger partial charge in [-0.3, -0.25) is 9.25 Å². The van der Waals surface area contributed by atoms with Gasteiger partial charge in [0, 0.05) is 36.5 Å². The second kappa shape index (κ2) is 5.42. The Hall–Kier alpha value is -2.67. The molecule has 0 aliphatic carbocycles. The summed E-state index contributed by atoms with van der Waals surface area (Å²) in [6, 6.07) is 8.54. The minimum absolute atomic E-state index is 0.884. The van der Waals surface area contributed by atoms with Gasteiger partial charge in [-0.2, -0.15) is 5.10 Å². The maximum absolute atomic E-state index is 4.48. The van der Waals surface area contributed by atoms with Gasteiger partial charge in [0.05, 0.1) is 18.3 Å². The van der Waals surface area contributed by atoms with Crippen LogP contribution in [-0.4, -0.2) is 31.1 Å². The van der Waals surface area contributed by atoms with Gasteiger partial charge in [0.1, 0.15) is 0 Å². The molecule has 126 valence electrons. The highest BCUT2D eigenvalue weighted by atomic mass is 32.1. The summed E-state index contributed by atoms with van der Waals surface area (Å²) in [4.78, 5) is 3.75. The fraction of sp³-hybridized carbons (Fsp3) is 0.278. The van der Waals surface area contributed by atoms with Crippen molar-refractivity contribution < 1.29 is 0 Å². The number of aromatic nitrogens is 5. The summed E-state index contributed by atoms with van der Waals surface area (Å²) in [5.74, 6) is 1.81. The molecule has 1 aliphatic rings. The van der Waals surface area contributed by atoms with Gasteiger partial charge in [0.2, 0.25) is 5.95 Å². The lowest BCUT2D eigenvalue weighted by Crippen LogP contribution is -2.31. The minimum atomic E-state index is 0.884. The summed E-state index contributed by atoms with van der Waals surface area (Å²) in [6.07, 6.45) is 2.95. The van der Waals surface area contributed by atoms with Crippen LogP contribution in [0, 0.1) is 0 Å². The summed E-state index contributed by atoms with van der Waals surface area (Å²) < 4.78 is 3.98. The fourth-order valence-electron chi connectivity index (χ4n) is 3.54. The van der Waals surface area contributed by atoms with E-state index < -0.39 is 0 Å². The Morgan fingerprint density at radius 2 is 2.04 bits per heavy atom. The zero-order valence-corrected chi connectivity index (χ0v) is 15.0. The monoisotopic (exact) mass is 350 g/mol. The highest BCUT2D eigenvalue weighted by molar-refractivity contribution is 7.10. The molecule has 0 spiro atoms. The minimum Gasteiger partial charge on any atom is -0.335 e. The largest absolute Gasteiger partial charge is 0.335 e. The first-order valence-electron chi connectivity index (χ1n) is 8.32. The Morgan fingerprint density at radius 1 is 1.12 bits per heavy atom. The molecular formula is C18H18N6S. The smallest absolute Gasteiger partial charge is 0.227 e. The van der Waals surface area contributed by atoms with Crippen molar-refractivity contribution in [1.82, 2.24) is 24.5 Å². The Morgan fingerprint density at radius 3 is 2.96 bits per heavy atom. The van der Waals surface area contributed by atoms with Gasteiger partial charge in [-0.25, -0.2) is 0 Å². The average molecular weight is 350 g/mol. The number of fused-ring (bicyclic) bond motifs is 2. The summed E-state index contributed by atoms with van der Waals surface area (Å²) in [7, 11) is 4.00. The molecule has 1 aromatic carbocycles. The van der Waals surface area contributed by atoms with E-state index in [1.165, 1.54) is 10.4 Å². The molecule has 0 N–H and O–H groups in total. The lowest BCUT2D eigenvalue weighted by molar-refractivity contribution is 0.697. The van der Waals surface area contributed by atoms with Crippen LogP contribution in [0.25, 0.3) is 22.3 Å². The third kappa shape index (κ3) is 2.26. The van der Waals surface area contributed by atoms with E-state index in [2.05, 4.69) is 54.4 Å². The summed E-state index contributed by atoms with van der Waals surface area (Å²) in [5.41, 5.74) is 3.64. The molecule has 0 amide bonds. The quantitative estimate of drug-likeness (QED) is 0.558. The first kappa shape index (κ1) is 14.7. The van der Waals surface area contributed by atoms with Crippen LogP contribution in [0.2, 0.25) is 0 Å². The van der Waals surface area contributed by atoms with E-state index in [9.17, 15) is 0 Å². The number of rotatable bonds is 2. The van der Waals surface area contributed by atoms with Gasteiger partial charge < -0.3 is 4.90 Å². The molecule has 1 aliphatic heterocycles. The SMILES string of the molecule is Cn1c(-c2ccc3cnn(C)c3c2)nnc1N1CCc2ccsc2C1. The van der Waals surface area contributed by atoms with Crippen molar-refractivity contribution in [2.24, 2.45) is 14.1 Å². The molecule has 25 heavy (non-hydrogen) atoms. The third-order valence-corrected chi connectivity index (χ3v) is 5.91. The molecule has 4 heterocycles. The van der Waals surface area contributed by atoms with Gasteiger partial charge in [-0.1, -0.05) is 12.1 Å². The number of thiophene rings is 1. The predicted molar refractivity (Wildman–Crippen MR) is 99.8 cm³/mol. The molecule has 0 fully saturated rings. The van der Waals surface area contributed by atoms with Crippen molar-refractivity contribution in [2.75, 3.05) is 11.4 Å². The van der Waals surface area contributed by atoms with Crippen LogP contribution in [0.3, 0.4) is 0 Å². The van der Waals surface area contributed by atoms with Crippen molar-refractivity contribution in [2.45, 2.75) is 13.0 Å². The topological polar surface area (TPSA) is 51.8 Å². The molecule has 4 aromatic rings. The maximum Gasteiger partial charge on any atom is 0.227 e. The van der Waals surface area contributed by atoms with Crippen LogP contribution >= 0.6 is 11.3 Å². The van der Waals surface area contributed by atoms with E-state index in [0.29, 0.717) is 0 Å². The number of nitrogens with zero attached hydrogens (tertiary/aromatic N) is 6. The Bertz CT molecular complexity index is 1070. The van der Waals surface area contributed by atoms with E-state index >= 15 is 0 Å². The van der Waals surface area contributed by atoms with Crippen LogP contribution in [0.4, 0.5) is 5.95 Å². The first-order valence-corrected chi connectivity index (χ1v) is 9.20. The summed E-state index contributed by atoms with van der Waals surface area (Å²) in [6.45, 7) is 1.90. The Kier molecular flexibility index (Phi) is 3.18. The maximum atomic E-state index is 4.48. The van der Waals surface area contributed by atoms with Crippen molar-refractivity contribution >= 4 is 28.2 Å². The van der Waals surface area contributed by atoms with Gasteiger partial charge in [0.25, 0.3) is 0 Å². The van der Waals surface area contributed by atoms with Crippen LogP contribution in [-0.2, 0) is 27.1 Å². The predicted octanol–water partition coefficient (Wildman–Crippen LogP) is 2.99. The number of hydrogen-bond donors (Lipinski definition) is 0. The van der Waals surface area contributed by atoms with Gasteiger partial charge >= 0.3 is 0 Å². The Labute approximate surface area is 149 Å². The number of benzene rings is 1. The number of anilines is 1. The zero-order valence-electron chi connectivity index (χ0n) is 14.2.